The Bertz CT molecular complexity index is 400. The molecule has 0 aliphatic carbocycles. The van der Waals surface area contributed by atoms with Gasteiger partial charge in [-0.3, -0.25) is 0 Å². The van der Waals surface area contributed by atoms with Gasteiger partial charge in [0.1, 0.15) is 12.4 Å². The minimum atomic E-state index is -2.98. The van der Waals surface area contributed by atoms with Crippen molar-refractivity contribution in [3.05, 3.63) is 29.3 Å². The van der Waals surface area contributed by atoms with Crippen LogP contribution in [0.5, 0.6) is 5.75 Å². The van der Waals surface area contributed by atoms with Gasteiger partial charge in [0.25, 0.3) is 0 Å². The molecule has 1 aromatic rings. The molecule has 0 spiro atoms. The second kappa shape index (κ2) is 4.66. The van der Waals surface area contributed by atoms with Crippen molar-refractivity contribution in [2.45, 2.75) is 0 Å². The maximum absolute atomic E-state index is 10.8. The Balaban J connectivity index is 2.51. The van der Waals surface area contributed by atoms with Crippen LogP contribution in [-0.4, -0.2) is 27.0 Å². The fraction of sp³-hybridized carbons (Fsp3) is 0.333. The lowest BCUT2D eigenvalue weighted by Gasteiger charge is -2.06. The normalized spacial score (nSPS) is 11.3. The third-order valence-corrected chi connectivity index (χ3v) is 2.77. The molecule has 0 aliphatic rings. The zero-order chi connectivity index (χ0) is 10.6. The van der Waals surface area contributed by atoms with Crippen molar-refractivity contribution < 1.29 is 13.2 Å². The maximum Gasteiger partial charge on any atom is 0.150 e. The number of rotatable bonds is 4. The van der Waals surface area contributed by atoms with Crippen molar-refractivity contribution in [3.8, 4) is 5.75 Å². The molecule has 0 aliphatic heterocycles. The van der Waals surface area contributed by atoms with E-state index in [2.05, 4.69) is 0 Å². The van der Waals surface area contributed by atoms with Gasteiger partial charge in [-0.05, 0) is 12.1 Å². The number of halogens is 1. The van der Waals surface area contributed by atoms with Crippen molar-refractivity contribution in [1.29, 1.82) is 0 Å². The molecule has 0 heterocycles. The minimum Gasteiger partial charge on any atom is -0.491 e. The summed E-state index contributed by atoms with van der Waals surface area (Å²) in [5.74, 6) is 0.510. The van der Waals surface area contributed by atoms with Crippen LogP contribution in [0.4, 0.5) is 0 Å². The van der Waals surface area contributed by atoms with Gasteiger partial charge < -0.3 is 4.74 Å². The number of sulfone groups is 1. The summed E-state index contributed by atoms with van der Waals surface area (Å²) >= 11 is 5.80. The monoisotopic (exact) mass is 234 g/mol. The lowest BCUT2D eigenvalue weighted by atomic mass is 10.3. The molecule has 0 atom stereocenters. The molecule has 1 aromatic carbocycles. The van der Waals surface area contributed by atoms with Gasteiger partial charge in [0.2, 0.25) is 0 Å². The average molecular weight is 235 g/mol. The smallest absolute Gasteiger partial charge is 0.150 e. The van der Waals surface area contributed by atoms with E-state index in [0.29, 0.717) is 10.8 Å². The highest BCUT2D eigenvalue weighted by Crippen LogP contribution is 2.22. The maximum atomic E-state index is 10.8. The van der Waals surface area contributed by atoms with E-state index in [9.17, 15) is 8.42 Å². The zero-order valence-corrected chi connectivity index (χ0v) is 9.31. The molecule has 14 heavy (non-hydrogen) atoms. The van der Waals surface area contributed by atoms with E-state index in [1.165, 1.54) is 6.26 Å². The van der Waals surface area contributed by atoms with Crippen molar-refractivity contribution in [2.75, 3.05) is 18.6 Å². The Labute approximate surface area is 88.6 Å². The van der Waals surface area contributed by atoms with Crippen LogP contribution >= 0.6 is 11.6 Å². The molecular weight excluding hydrogens is 224 g/mol. The number of para-hydroxylation sites is 1. The van der Waals surface area contributed by atoms with Crippen molar-refractivity contribution in [3.63, 3.8) is 0 Å². The predicted octanol–water partition coefficient (Wildman–Crippen LogP) is 1.76. The highest BCUT2D eigenvalue weighted by atomic mass is 35.5. The van der Waals surface area contributed by atoms with Crippen LogP contribution in [-0.2, 0) is 9.84 Å². The molecule has 0 radical (unpaired) electrons. The third kappa shape index (κ3) is 3.98. The lowest BCUT2D eigenvalue weighted by Crippen LogP contribution is -2.12. The number of ether oxygens (including phenoxy) is 1. The zero-order valence-electron chi connectivity index (χ0n) is 7.73. The molecule has 0 aromatic heterocycles. The second-order valence-electron chi connectivity index (χ2n) is 2.91. The molecule has 3 nitrogen and oxygen atoms in total. The summed E-state index contributed by atoms with van der Waals surface area (Å²) < 4.78 is 26.8. The van der Waals surface area contributed by atoms with Gasteiger partial charge in [0.05, 0.1) is 10.8 Å². The molecule has 5 heteroatoms. The fourth-order valence-corrected chi connectivity index (χ4v) is 1.44. The van der Waals surface area contributed by atoms with Crippen LogP contribution in [0.15, 0.2) is 24.3 Å². The first-order valence-electron chi connectivity index (χ1n) is 4.04. The van der Waals surface area contributed by atoms with Gasteiger partial charge in [0, 0.05) is 6.26 Å². The van der Waals surface area contributed by atoms with Crippen LogP contribution in [0.25, 0.3) is 0 Å². The summed E-state index contributed by atoms with van der Waals surface area (Å²) in [4.78, 5) is 0. The van der Waals surface area contributed by atoms with E-state index >= 15 is 0 Å². The summed E-state index contributed by atoms with van der Waals surface area (Å²) in [6.45, 7) is 0.128. The van der Waals surface area contributed by atoms with E-state index < -0.39 is 9.84 Å². The SMILES string of the molecule is CS(=O)(=O)CCOc1ccccc1Cl. The van der Waals surface area contributed by atoms with Crippen LogP contribution < -0.4 is 4.74 Å². The van der Waals surface area contributed by atoms with Gasteiger partial charge in [-0.25, -0.2) is 8.42 Å². The van der Waals surface area contributed by atoms with E-state index in [4.69, 9.17) is 16.3 Å². The van der Waals surface area contributed by atoms with Crippen LogP contribution in [0.3, 0.4) is 0 Å². The van der Waals surface area contributed by atoms with Crippen LogP contribution in [0, 0.1) is 0 Å². The van der Waals surface area contributed by atoms with Gasteiger partial charge in [-0.1, -0.05) is 23.7 Å². The molecule has 78 valence electrons. The molecule has 0 unspecified atom stereocenters. The Morgan fingerprint density at radius 3 is 2.57 bits per heavy atom. The van der Waals surface area contributed by atoms with E-state index in [-0.39, 0.29) is 12.4 Å². The lowest BCUT2D eigenvalue weighted by molar-refractivity contribution is 0.341. The highest BCUT2D eigenvalue weighted by molar-refractivity contribution is 7.90. The quantitative estimate of drug-likeness (QED) is 0.798. The Morgan fingerprint density at radius 2 is 2.00 bits per heavy atom. The third-order valence-electron chi connectivity index (χ3n) is 1.55. The second-order valence-corrected chi connectivity index (χ2v) is 5.58. The summed E-state index contributed by atoms with van der Waals surface area (Å²) in [6.07, 6.45) is 1.17. The first-order valence-corrected chi connectivity index (χ1v) is 6.48. The van der Waals surface area contributed by atoms with Gasteiger partial charge >= 0.3 is 0 Å². The Kier molecular flexibility index (Phi) is 3.77. The minimum absolute atomic E-state index is 0.00176. The molecule has 0 saturated heterocycles. The molecule has 0 N–H and O–H groups in total. The number of hydrogen-bond donors (Lipinski definition) is 0. The van der Waals surface area contributed by atoms with Crippen LogP contribution in [0.2, 0.25) is 5.02 Å². The van der Waals surface area contributed by atoms with E-state index in [1.54, 1.807) is 24.3 Å². The first kappa shape index (κ1) is 11.3. The highest BCUT2D eigenvalue weighted by Gasteiger charge is 2.04. The number of hydrogen-bond acceptors (Lipinski definition) is 3. The van der Waals surface area contributed by atoms with E-state index in [1.807, 2.05) is 0 Å². The van der Waals surface area contributed by atoms with Crippen molar-refractivity contribution in [1.82, 2.24) is 0 Å². The van der Waals surface area contributed by atoms with Gasteiger partial charge in [0.15, 0.2) is 9.84 Å². The average Bonchev–Trinajstić information content (AvgIpc) is 2.06. The summed E-state index contributed by atoms with van der Waals surface area (Å²) in [6, 6.07) is 6.95. The van der Waals surface area contributed by atoms with Crippen molar-refractivity contribution >= 4 is 21.4 Å². The summed E-state index contributed by atoms with van der Waals surface area (Å²) in [5, 5.41) is 0.487. The van der Waals surface area contributed by atoms with E-state index in [0.717, 1.165) is 0 Å². The number of benzene rings is 1. The van der Waals surface area contributed by atoms with Gasteiger partial charge in [-0.15, -0.1) is 0 Å². The standard InChI is InChI=1S/C9H11ClO3S/c1-14(11,12)7-6-13-9-5-3-2-4-8(9)10/h2-5H,6-7H2,1H3. The molecular formula is C9H11ClO3S. The predicted molar refractivity (Wildman–Crippen MR) is 56.7 cm³/mol. The summed E-state index contributed by atoms with van der Waals surface area (Å²) in [5.41, 5.74) is 0. The van der Waals surface area contributed by atoms with Crippen molar-refractivity contribution in [2.24, 2.45) is 0 Å². The Morgan fingerprint density at radius 1 is 1.36 bits per heavy atom. The topological polar surface area (TPSA) is 43.4 Å². The molecule has 0 amide bonds. The molecule has 0 fully saturated rings. The largest absolute Gasteiger partial charge is 0.491 e. The first-order chi connectivity index (χ1) is 6.49. The molecule has 0 saturated carbocycles. The van der Waals surface area contributed by atoms with Crippen LogP contribution in [0.1, 0.15) is 0 Å². The fourth-order valence-electron chi connectivity index (χ4n) is 0.865. The molecule has 0 bridgehead atoms. The summed E-state index contributed by atoms with van der Waals surface area (Å²) in [7, 11) is -2.98. The van der Waals surface area contributed by atoms with Gasteiger partial charge in [-0.2, -0.15) is 0 Å². The molecule has 1 rings (SSSR count). The Hall–Kier alpha value is -0.740.